The number of hydrogen-bond donors (Lipinski definition) is 0. The SMILES string of the molecule is COC(=O)N(C)C(Cc1ccccc1)C(=O)N(C)[C@@H](Cc1ccc([N+](=O)[O-])cc1)c1csc(-c2cccs2)n1. The fraction of sp³-hybridized carbons (Fsp3) is 0.250. The Kier molecular flexibility index (Phi) is 9.05. The number of hydrogen-bond acceptors (Lipinski definition) is 8. The molecular formula is C28H28N4O5S2. The number of nitrogens with zero attached hydrogens (tertiary/aromatic N) is 4. The molecule has 0 saturated carbocycles. The lowest BCUT2D eigenvalue weighted by molar-refractivity contribution is -0.384. The second-order valence-electron chi connectivity index (χ2n) is 8.93. The molecule has 9 nitrogen and oxygen atoms in total. The molecule has 39 heavy (non-hydrogen) atoms. The first-order valence-corrected chi connectivity index (χ1v) is 13.9. The van der Waals surface area contributed by atoms with Gasteiger partial charge in [0.15, 0.2) is 0 Å². The molecule has 2 aromatic heterocycles. The number of thiazole rings is 1. The quantitative estimate of drug-likeness (QED) is 0.177. The summed E-state index contributed by atoms with van der Waals surface area (Å²) in [5.74, 6) is -0.274. The molecule has 2 atom stereocenters. The van der Waals surface area contributed by atoms with E-state index in [1.54, 1.807) is 42.5 Å². The van der Waals surface area contributed by atoms with Crippen LogP contribution in [-0.2, 0) is 22.4 Å². The molecule has 2 heterocycles. The van der Waals surface area contributed by atoms with Gasteiger partial charge in [0.2, 0.25) is 5.91 Å². The number of rotatable bonds is 10. The minimum absolute atomic E-state index is 0.00370. The van der Waals surface area contributed by atoms with E-state index in [0.717, 1.165) is 21.0 Å². The smallest absolute Gasteiger partial charge is 0.409 e. The molecule has 0 fully saturated rings. The average molecular weight is 565 g/mol. The van der Waals surface area contributed by atoms with Crippen LogP contribution in [0.1, 0.15) is 22.9 Å². The van der Waals surface area contributed by atoms with Gasteiger partial charge in [0.1, 0.15) is 11.0 Å². The fourth-order valence-electron chi connectivity index (χ4n) is 4.26. The molecule has 1 unspecified atom stereocenters. The van der Waals surface area contributed by atoms with Crippen molar-refractivity contribution in [1.29, 1.82) is 0 Å². The third kappa shape index (κ3) is 6.68. The van der Waals surface area contributed by atoms with E-state index in [-0.39, 0.29) is 11.6 Å². The van der Waals surface area contributed by atoms with Gasteiger partial charge in [-0.3, -0.25) is 19.8 Å². The van der Waals surface area contributed by atoms with Crippen molar-refractivity contribution >= 4 is 40.4 Å². The van der Waals surface area contributed by atoms with E-state index in [4.69, 9.17) is 9.72 Å². The van der Waals surface area contributed by atoms with Crippen molar-refractivity contribution in [3.8, 4) is 9.88 Å². The molecule has 4 aromatic rings. The van der Waals surface area contributed by atoms with E-state index in [9.17, 15) is 19.7 Å². The van der Waals surface area contributed by atoms with Crippen LogP contribution in [-0.4, -0.2) is 59.0 Å². The Hall–Kier alpha value is -4.09. The first-order valence-electron chi connectivity index (χ1n) is 12.1. The van der Waals surface area contributed by atoms with Gasteiger partial charge in [-0.15, -0.1) is 22.7 Å². The van der Waals surface area contributed by atoms with Crippen LogP contribution in [0.15, 0.2) is 77.5 Å². The molecule has 2 amide bonds. The highest BCUT2D eigenvalue weighted by atomic mass is 32.1. The summed E-state index contributed by atoms with van der Waals surface area (Å²) in [5, 5.41) is 15.9. The number of nitro benzene ring substituents is 1. The predicted molar refractivity (Wildman–Crippen MR) is 152 cm³/mol. The molecule has 11 heteroatoms. The fourth-order valence-corrected chi connectivity index (χ4v) is 5.94. The number of methoxy groups -OCH3 is 1. The summed E-state index contributed by atoms with van der Waals surface area (Å²) in [5.41, 5.74) is 2.42. The van der Waals surface area contributed by atoms with Crippen LogP contribution >= 0.6 is 22.7 Å². The Morgan fingerprint density at radius 2 is 1.64 bits per heavy atom. The van der Waals surface area contributed by atoms with E-state index < -0.39 is 23.1 Å². The topological polar surface area (TPSA) is 106 Å². The highest BCUT2D eigenvalue weighted by molar-refractivity contribution is 7.20. The van der Waals surface area contributed by atoms with Crippen LogP contribution < -0.4 is 0 Å². The van der Waals surface area contributed by atoms with E-state index >= 15 is 0 Å². The van der Waals surface area contributed by atoms with E-state index in [1.165, 1.54) is 35.5 Å². The Labute approximate surface area is 234 Å². The zero-order valence-corrected chi connectivity index (χ0v) is 23.4. The summed E-state index contributed by atoms with van der Waals surface area (Å²) in [7, 11) is 4.53. The summed E-state index contributed by atoms with van der Waals surface area (Å²) >= 11 is 3.08. The number of aromatic nitrogens is 1. The van der Waals surface area contributed by atoms with E-state index in [0.29, 0.717) is 18.5 Å². The molecule has 0 N–H and O–H groups in total. The second kappa shape index (κ2) is 12.6. The van der Waals surface area contributed by atoms with Gasteiger partial charge in [-0.2, -0.15) is 0 Å². The van der Waals surface area contributed by atoms with Gasteiger partial charge in [0, 0.05) is 38.0 Å². The predicted octanol–water partition coefficient (Wildman–Crippen LogP) is 5.83. The number of ether oxygens (including phenoxy) is 1. The molecule has 0 aliphatic heterocycles. The van der Waals surface area contributed by atoms with Crippen LogP contribution in [0, 0.1) is 10.1 Å². The first kappa shape index (κ1) is 27.9. The van der Waals surface area contributed by atoms with Crippen molar-refractivity contribution < 1.29 is 19.2 Å². The number of benzene rings is 2. The van der Waals surface area contributed by atoms with Gasteiger partial charge in [0.25, 0.3) is 5.69 Å². The summed E-state index contributed by atoms with van der Waals surface area (Å²) in [6.07, 6.45) is 0.0730. The van der Waals surface area contributed by atoms with Gasteiger partial charge in [-0.05, 0) is 29.0 Å². The number of nitro groups is 1. The van der Waals surface area contributed by atoms with Gasteiger partial charge in [0.05, 0.1) is 28.6 Å². The normalized spacial score (nSPS) is 12.4. The summed E-state index contributed by atoms with van der Waals surface area (Å²) in [6.45, 7) is 0. The van der Waals surface area contributed by atoms with Crippen LogP contribution in [0.3, 0.4) is 0 Å². The zero-order valence-electron chi connectivity index (χ0n) is 21.7. The summed E-state index contributed by atoms with van der Waals surface area (Å²) in [4.78, 5) is 46.1. The lowest BCUT2D eigenvalue weighted by Gasteiger charge is -2.34. The molecule has 0 spiro atoms. The van der Waals surface area contributed by atoms with Crippen molar-refractivity contribution in [3.63, 3.8) is 0 Å². The molecule has 4 rings (SSSR count). The number of non-ortho nitro benzene ring substituents is 1. The molecule has 0 aliphatic carbocycles. The van der Waals surface area contributed by atoms with Crippen LogP contribution in [0.5, 0.6) is 0 Å². The summed E-state index contributed by atoms with van der Waals surface area (Å²) < 4.78 is 4.93. The van der Waals surface area contributed by atoms with Crippen molar-refractivity contribution in [1.82, 2.24) is 14.8 Å². The standard InChI is InChI=1S/C28H28N4O5S2/c1-30(27(33)24(31(2)28(34)37-3)17-19-8-5-4-6-9-19)23(16-20-11-13-21(14-12-20)32(35)36)22-18-39-26(29-22)25-10-7-15-38-25/h4-15,18,23-24H,16-17H2,1-3H3/t23-,24?/m0/s1. The van der Waals surface area contributed by atoms with Gasteiger partial charge < -0.3 is 9.64 Å². The van der Waals surface area contributed by atoms with Gasteiger partial charge in [-0.1, -0.05) is 48.5 Å². The Morgan fingerprint density at radius 1 is 0.949 bits per heavy atom. The zero-order chi connectivity index (χ0) is 27.9. The van der Waals surface area contributed by atoms with Crippen molar-refractivity contribution in [2.75, 3.05) is 21.2 Å². The Morgan fingerprint density at radius 3 is 2.26 bits per heavy atom. The number of carbonyl (C=O) groups excluding carboxylic acids is 2. The minimum Gasteiger partial charge on any atom is -0.453 e. The third-order valence-corrected chi connectivity index (χ3v) is 8.37. The molecular weight excluding hydrogens is 536 g/mol. The largest absolute Gasteiger partial charge is 0.453 e. The van der Waals surface area contributed by atoms with Crippen molar-refractivity contribution in [2.24, 2.45) is 0 Å². The number of carbonyl (C=O) groups is 2. The third-order valence-electron chi connectivity index (χ3n) is 6.47. The monoisotopic (exact) mass is 564 g/mol. The van der Waals surface area contributed by atoms with Gasteiger partial charge >= 0.3 is 6.09 Å². The number of thiophene rings is 1. The molecule has 202 valence electrons. The highest BCUT2D eigenvalue weighted by Crippen LogP contribution is 2.33. The van der Waals surface area contributed by atoms with Crippen LogP contribution in [0.2, 0.25) is 0 Å². The maximum absolute atomic E-state index is 14.1. The summed E-state index contributed by atoms with van der Waals surface area (Å²) in [6, 6.07) is 18.4. The molecule has 0 aliphatic rings. The van der Waals surface area contributed by atoms with Crippen LogP contribution in [0.4, 0.5) is 10.5 Å². The van der Waals surface area contributed by atoms with Crippen molar-refractivity contribution in [3.05, 3.63) is 104 Å². The average Bonchev–Trinajstić information content (AvgIpc) is 3.67. The highest BCUT2D eigenvalue weighted by Gasteiger charge is 2.34. The molecule has 0 saturated heterocycles. The minimum atomic E-state index is -0.820. The number of likely N-dealkylation sites (N-methyl/N-ethyl adjacent to an activating group) is 2. The lowest BCUT2D eigenvalue weighted by Crippen LogP contribution is -2.50. The van der Waals surface area contributed by atoms with E-state index in [1.807, 2.05) is 53.2 Å². The Bertz CT molecular complexity index is 1410. The first-order chi connectivity index (χ1) is 18.8. The van der Waals surface area contributed by atoms with Crippen molar-refractivity contribution in [2.45, 2.75) is 24.9 Å². The lowest BCUT2D eigenvalue weighted by atomic mass is 9.99. The molecule has 0 bridgehead atoms. The Balaban J connectivity index is 1.68. The van der Waals surface area contributed by atoms with Gasteiger partial charge in [-0.25, -0.2) is 9.78 Å². The molecule has 2 aromatic carbocycles. The number of amides is 2. The maximum atomic E-state index is 14.1. The molecule has 0 radical (unpaired) electrons. The second-order valence-corrected chi connectivity index (χ2v) is 10.7. The van der Waals surface area contributed by atoms with E-state index in [2.05, 4.69) is 0 Å². The van der Waals surface area contributed by atoms with Crippen LogP contribution in [0.25, 0.3) is 9.88 Å². The maximum Gasteiger partial charge on any atom is 0.409 e.